The number of benzene rings is 1. The third-order valence-corrected chi connectivity index (χ3v) is 2.79. The third kappa shape index (κ3) is 3.09. The number of rotatable bonds is 5. The molecule has 0 aliphatic rings. The van der Waals surface area contributed by atoms with E-state index in [-0.39, 0.29) is 5.75 Å². The van der Waals surface area contributed by atoms with Crippen LogP contribution < -0.4 is 10.1 Å². The molecule has 20 heavy (non-hydrogen) atoms. The predicted octanol–water partition coefficient (Wildman–Crippen LogP) is 2.56. The lowest BCUT2D eigenvalue weighted by Crippen LogP contribution is -2.04. The van der Waals surface area contributed by atoms with Crippen LogP contribution in [-0.4, -0.2) is 25.2 Å². The molecule has 0 bridgehead atoms. The van der Waals surface area contributed by atoms with Crippen LogP contribution in [0.2, 0.25) is 0 Å². The molecule has 6 heteroatoms. The molecule has 2 aromatic rings. The first-order valence-corrected chi connectivity index (χ1v) is 5.97. The Bertz CT molecular complexity index is 610. The number of H-pyrrole nitrogens is 1. The smallest absolute Gasteiger partial charge is 0.354 e. The maximum Gasteiger partial charge on any atom is 0.354 e. The van der Waals surface area contributed by atoms with Crippen LogP contribution in [-0.2, 0) is 11.3 Å². The lowest BCUT2D eigenvalue weighted by Gasteiger charge is -2.07. The van der Waals surface area contributed by atoms with Gasteiger partial charge >= 0.3 is 5.97 Å². The largest absolute Gasteiger partial charge is 0.494 e. The van der Waals surface area contributed by atoms with Crippen molar-refractivity contribution in [3.05, 3.63) is 47.5 Å². The number of methoxy groups -OCH3 is 2. The number of ether oxygens (including phenoxy) is 2. The SMILES string of the molecule is COC(=O)c1ccc(CNc2ccc(OC)c(F)c2)[nH]1. The molecule has 0 radical (unpaired) electrons. The summed E-state index contributed by atoms with van der Waals surface area (Å²) < 4.78 is 22.9. The predicted molar refractivity (Wildman–Crippen MR) is 72.4 cm³/mol. The van der Waals surface area contributed by atoms with Crippen LogP contribution in [0.3, 0.4) is 0 Å². The Morgan fingerprint density at radius 2 is 2.10 bits per heavy atom. The van der Waals surface area contributed by atoms with Gasteiger partial charge in [-0.2, -0.15) is 0 Å². The number of esters is 1. The number of aromatic amines is 1. The van der Waals surface area contributed by atoms with E-state index in [0.717, 1.165) is 5.69 Å². The van der Waals surface area contributed by atoms with Crippen LogP contribution in [0.25, 0.3) is 0 Å². The molecule has 0 unspecified atom stereocenters. The van der Waals surface area contributed by atoms with Crippen LogP contribution in [0.1, 0.15) is 16.2 Å². The number of carbonyl (C=O) groups excluding carboxylic acids is 1. The summed E-state index contributed by atoms with van der Waals surface area (Å²) in [6.07, 6.45) is 0. The first kappa shape index (κ1) is 13.9. The van der Waals surface area contributed by atoms with Crippen molar-refractivity contribution in [1.29, 1.82) is 0 Å². The number of halogens is 1. The van der Waals surface area contributed by atoms with E-state index >= 15 is 0 Å². The third-order valence-electron chi connectivity index (χ3n) is 2.79. The van der Waals surface area contributed by atoms with Gasteiger partial charge in [0.25, 0.3) is 0 Å². The summed E-state index contributed by atoms with van der Waals surface area (Å²) in [6.45, 7) is 0.433. The molecule has 0 atom stereocenters. The number of carbonyl (C=O) groups is 1. The first-order chi connectivity index (χ1) is 9.63. The zero-order valence-electron chi connectivity index (χ0n) is 11.2. The summed E-state index contributed by atoms with van der Waals surface area (Å²) in [4.78, 5) is 14.2. The number of hydrogen-bond donors (Lipinski definition) is 2. The van der Waals surface area contributed by atoms with Crippen LogP contribution in [0.4, 0.5) is 10.1 Å². The Hall–Kier alpha value is -2.50. The number of hydrogen-bond acceptors (Lipinski definition) is 4. The Labute approximate surface area is 115 Å². The molecule has 5 nitrogen and oxygen atoms in total. The minimum absolute atomic E-state index is 0.198. The van der Waals surface area contributed by atoms with E-state index in [4.69, 9.17) is 4.74 Å². The summed E-state index contributed by atoms with van der Waals surface area (Å²) in [5.41, 5.74) is 1.80. The van der Waals surface area contributed by atoms with Gasteiger partial charge in [-0.15, -0.1) is 0 Å². The van der Waals surface area contributed by atoms with Gasteiger partial charge in [-0.25, -0.2) is 9.18 Å². The fourth-order valence-corrected chi connectivity index (χ4v) is 1.75. The molecule has 1 heterocycles. The highest BCUT2D eigenvalue weighted by molar-refractivity contribution is 5.87. The van der Waals surface area contributed by atoms with Gasteiger partial charge in [0.2, 0.25) is 0 Å². The monoisotopic (exact) mass is 278 g/mol. The van der Waals surface area contributed by atoms with Crippen molar-refractivity contribution in [2.45, 2.75) is 6.54 Å². The van der Waals surface area contributed by atoms with Crippen LogP contribution in [0.15, 0.2) is 30.3 Å². The lowest BCUT2D eigenvalue weighted by atomic mass is 10.3. The molecule has 1 aromatic carbocycles. The second kappa shape index (κ2) is 6.10. The van der Waals surface area contributed by atoms with E-state index in [1.54, 1.807) is 24.3 Å². The quantitative estimate of drug-likeness (QED) is 0.825. The van der Waals surface area contributed by atoms with Crippen molar-refractivity contribution in [2.24, 2.45) is 0 Å². The Balaban J connectivity index is 2.00. The maximum absolute atomic E-state index is 13.5. The highest BCUT2D eigenvalue weighted by Gasteiger charge is 2.08. The molecule has 0 saturated heterocycles. The van der Waals surface area contributed by atoms with Gasteiger partial charge in [0.15, 0.2) is 11.6 Å². The van der Waals surface area contributed by atoms with Gasteiger partial charge in [-0.05, 0) is 24.3 Å². The zero-order valence-corrected chi connectivity index (χ0v) is 11.2. The summed E-state index contributed by atoms with van der Waals surface area (Å²) in [6, 6.07) is 8.01. The maximum atomic E-state index is 13.5. The molecule has 0 amide bonds. The summed E-state index contributed by atoms with van der Waals surface area (Å²) in [5.74, 6) is -0.658. The van der Waals surface area contributed by atoms with Crippen molar-refractivity contribution in [1.82, 2.24) is 4.98 Å². The van der Waals surface area contributed by atoms with Gasteiger partial charge in [0.05, 0.1) is 20.8 Å². The molecule has 0 aliphatic carbocycles. The minimum atomic E-state index is -0.431. The van der Waals surface area contributed by atoms with E-state index in [2.05, 4.69) is 15.0 Å². The van der Waals surface area contributed by atoms with E-state index in [1.807, 2.05) is 0 Å². The average Bonchev–Trinajstić information content (AvgIpc) is 2.93. The standard InChI is InChI=1S/C14H15FN2O3/c1-19-13-6-4-9(7-11(13)15)16-8-10-3-5-12(17-10)14(18)20-2/h3-7,16-17H,8H2,1-2H3. The molecule has 2 rings (SSSR count). The van der Waals surface area contributed by atoms with E-state index < -0.39 is 11.8 Å². The molecular weight excluding hydrogens is 263 g/mol. The lowest BCUT2D eigenvalue weighted by molar-refractivity contribution is 0.0594. The van der Waals surface area contributed by atoms with Crippen LogP contribution in [0, 0.1) is 5.82 Å². The van der Waals surface area contributed by atoms with Gasteiger partial charge in [0.1, 0.15) is 5.69 Å². The number of anilines is 1. The Kier molecular flexibility index (Phi) is 4.24. The number of aromatic nitrogens is 1. The van der Waals surface area contributed by atoms with Crippen molar-refractivity contribution in [3.63, 3.8) is 0 Å². The molecule has 0 spiro atoms. The zero-order chi connectivity index (χ0) is 14.5. The highest BCUT2D eigenvalue weighted by Crippen LogP contribution is 2.21. The molecule has 2 N–H and O–H groups in total. The Morgan fingerprint density at radius 3 is 2.75 bits per heavy atom. The van der Waals surface area contributed by atoms with Crippen LogP contribution in [0.5, 0.6) is 5.75 Å². The normalized spacial score (nSPS) is 10.2. The van der Waals surface area contributed by atoms with Gasteiger partial charge in [-0.1, -0.05) is 0 Å². The highest BCUT2D eigenvalue weighted by atomic mass is 19.1. The molecule has 106 valence electrons. The fraction of sp³-hybridized carbons (Fsp3) is 0.214. The van der Waals surface area contributed by atoms with E-state index in [0.29, 0.717) is 17.9 Å². The van der Waals surface area contributed by atoms with E-state index in [1.165, 1.54) is 20.3 Å². The van der Waals surface area contributed by atoms with Crippen molar-refractivity contribution in [3.8, 4) is 5.75 Å². The fourth-order valence-electron chi connectivity index (χ4n) is 1.75. The molecule has 0 aliphatic heterocycles. The van der Waals surface area contributed by atoms with Crippen molar-refractivity contribution >= 4 is 11.7 Å². The topological polar surface area (TPSA) is 63.4 Å². The van der Waals surface area contributed by atoms with E-state index in [9.17, 15) is 9.18 Å². The second-order valence-electron chi connectivity index (χ2n) is 4.09. The summed E-state index contributed by atoms with van der Waals surface area (Å²) in [5, 5.41) is 3.04. The van der Waals surface area contributed by atoms with Crippen LogP contribution >= 0.6 is 0 Å². The summed E-state index contributed by atoms with van der Waals surface area (Å²) in [7, 11) is 2.74. The second-order valence-corrected chi connectivity index (χ2v) is 4.09. The van der Waals surface area contributed by atoms with Gasteiger partial charge in [0, 0.05) is 17.4 Å². The first-order valence-electron chi connectivity index (χ1n) is 5.97. The summed E-state index contributed by atoms with van der Waals surface area (Å²) >= 11 is 0. The molecular formula is C14H15FN2O3. The number of nitrogens with one attached hydrogen (secondary N) is 2. The van der Waals surface area contributed by atoms with Crippen molar-refractivity contribution in [2.75, 3.05) is 19.5 Å². The average molecular weight is 278 g/mol. The molecule has 0 saturated carbocycles. The Morgan fingerprint density at radius 1 is 1.30 bits per heavy atom. The minimum Gasteiger partial charge on any atom is -0.494 e. The molecule has 1 aromatic heterocycles. The molecule has 0 fully saturated rings. The van der Waals surface area contributed by atoms with Gasteiger partial charge < -0.3 is 19.8 Å². The van der Waals surface area contributed by atoms with Crippen molar-refractivity contribution < 1.29 is 18.7 Å². The van der Waals surface area contributed by atoms with Gasteiger partial charge in [-0.3, -0.25) is 0 Å².